The molecular weight excluding hydrogens is 290 g/mol. The number of ether oxygens (including phenoxy) is 1. The van der Waals surface area contributed by atoms with Gasteiger partial charge in [-0.2, -0.15) is 0 Å². The standard InChI is InChI=1S/C18H29N3O2/c1-18(2,3)16(19)17(22)20-11-13-8-9-21(12-13)14-6-5-7-15(10-14)23-4/h5-7,10,13,16H,8-9,11-12,19H2,1-4H3,(H,20,22)/t13?,16-/m1/s1. The second-order valence-electron chi connectivity index (χ2n) is 7.39. The Balaban J connectivity index is 1.85. The summed E-state index contributed by atoms with van der Waals surface area (Å²) >= 11 is 0. The fraction of sp³-hybridized carbons (Fsp3) is 0.611. The van der Waals surface area contributed by atoms with Crippen LogP contribution in [-0.4, -0.2) is 38.7 Å². The molecule has 2 rings (SSSR count). The number of rotatable bonds is 5. The molecule has 2 atom stereocenters. The van der Waals surface area contributed by atoms with Crippen LogP contribution in [0.25, 0.3) is 0 Å². The van der Waals surface area contributed by atoms with Gasteiger partial charge in [0.2, 0.25) is 5.91 Å². The van der Waals surface area contributed by atoms with E-state index in [1.165, 1.54) is 5.69 Å². The maximum absolute atomic E-state index is 12.1. The van der Waals surface area contributed by atoms with Crippen LogP contribution in [0.4, 0.5) is 5.69 Å². The number of nitrogens with one attached hydrogen (secondary N) is 1. The molecule has 23 heavy (non-hydrogen) atoms. The van der Waals surface area contributed by atoms with Gasteiger partial charge < -0.3 is 20.7 Å². The summed E-state index contributed by atoms with van der Waals surface area (Å²) in [5, 5.41) is 3.01. The van der Waals surface area contributed by atoms with Crippen molar-refractivity contribution in [3.8, 4) is 5.75 Å². The van der Waals surface area contributed by atoms with Crippen LogP contribution in [0.5, 0.6) is 5.75 Å². The first-order valence-corrected chi connectivity index (χ1v) is 8.23. The van der Waals surface area contributed by atoms with E-state index in [9.17, 15) is 4.79 Å². The average molecular weight is 319 g/mol. The molecule has 1 aliphatic rings. The Bertz CT molecular complexity index is 539. The summed E-state index contributed by atoms with van der Waals surface area (Å²) in [5.41, 5.74) is 6.95. The molecule has 0 aliphatic carbocycles. The molecule has 0 spiro atoms. The quantitative estimate of drug-likeness (QED) is 0.871. The van der Waals surface area contributed by atoms with Gasteiger partial charge in [-0.05, 0) is 29.9 Å². The maximum atomic E-state index is 12.1. The predicted octanol–water partition coefficient (Wildman–Crippen LogP) is 2.01. The van der Waals surface area contributed by atoms with Crippen LogP contribution >= 0.6 is 0 Å². The van der Waals surface area contributed by atoms with Gasteiger partial charge in [-0.15, -0.1) is 0 Å². The first-order valence-electron chi connectivity index (χ1n) is 8.23. The molecule has 0 aromatic heterocycles. The Kier molecular flexibility index (Phi) is 5.52. The summed E-state index contributed by atoms with van der Waals surface area (Å²) in [5.74, 6) is 1.27. The van der Waals surface area contributed by atoms with Crippen molar-refractivity contribution in [3.05, 3.63) is 24.3 Å². The third-order valence-electron chi connectivity index (χ3n) is 4.48. The Morgan fingerprint density at radius 3 is 2.87 bits per heavy atom. The summed E-state index contributed by atoms with van der Waals surface area (Å²) in [6.07, 6.45) is 1.07. The van der Waals surface area contributed by atoms with Gasteiger partial charge in [0.15, 0.2) is 0 Å². The van der Waals surface area contributed by atoms with E-state index in [1.54, 1.807) is 7.11 Å². The van der Waals surface area contributed by atoms with Crippen LogP contribution in [0.1, 0.15) is 27.2 Å². The number of carbonyl (C=O) groups excluding carboxylic acids is 1. The molecule has 1 amide bonds. The lowest BCUT2D eigenvalue weighted by molar-refractivity contribution is -0.124. The van der Waals surface area contributed by atoms with Crippen molar-refractivity contribution in [1.82, 2.24) is 5.32 Å². The van der Waals surface area contributed by atoms with E-state index < -0.39 is 6.04 Å². The number of hydrogen-bond acceptors (Lipinski definition) is 4. The highest BCUT2D eigenvalue weighted by Crippen LogP contribution is 2.26. The summed E-state index contributed by atoms with van der Waals surface area (Å²) < 4.78 is 5.28. The number of nitrogens with zero attached hydrogens (tertiary/aromatic N) is 1. The molecule has 0 radical (unpaired) electrons. The van der Waals surface area contributed by atoms with E-state index in [4.69, 9.17) is 10.5 Å². The van der Waals surface area contributed by atoms with Crippen LogP contribution in [0.15, 0.2) is 24.3 Å². The highest BCUT2D eigenvalue weighted by Gasteiger charge is 2.29. The van der Waals surface area contributed by atoms with Crippen molar-refractivity contribution in [2.45, 2.75) is 33.2 Å². The number of carbonyl (C=O) groups is 1. The Morgan fingerprint density at radius 2 is 2.22 bits per heavy atom. The van der Waals surface area contributed by atoms with Crippen molar-refractivity contribution in [1.29, 1.82) is 0 Å². The molecule has 5 nitrogen and oxygen atoms in total. The van der Waals surface area contributed by atoms with E-state index in [0.29, 0.717) is 12.5 Å². The topological polar surface area (TPSA) is 67.6 Å². The first-order chi connectivity index (χ1) is 10.8. The van der Waals surface area contributed by atoms with Crippen molar-refractivity contribution in [2.75, 3.05) is 31.6 Å². The molecule has 128 valence electrons. The van der Waals surface area contributed by atoms with Gasteiger partial charge in [0.05, 0.1) is 13.2 Å². The Labute approximate surface area is 139 Å². The molecule has 1 fully saturated rings. The van der Waals surface area contributed by atoms with Gasteiger partial charge in [-0.25, -0.2) is 0 Å². The molecule has 1 unspecified atom stereocenters. The fourth-order valence-electron chi connectivity index (χ4n) is 2.79. The van der Waals surface area contributed by atoms with E-state index in [1.807, 2.05) is 32.9 Å². The van der Waals surface area contributed by atoms with Crippen LogP contribution in [-0.2, 0) is 4.79 Å². The van der Waals surface area contributed by atoms with Crippen LogP contribution in [0.3, 0.4) is 0 Å². The monoisotopic (exact) mass is 319 g/mol. The summed E-state index contributed by atoms with van der Waals surface area (Å²) in [7, 11) is 1.68. The normalized spacial score (nSPS) is 19.5. The number of benzene rings is 1. The van der Waals surface area contributed by atoms with Gasteiger partial charge in [0.1, 0.15) is 5.75 Å². The Hall–Kier alpha value is -1.75. The lowest BCUT2D eigenvalue weighted by Crippen LogP contribution is -2.49. The van der Waals surface area contributed by atoms with Gasteiger partial charge in [-0.3, -0.25) is 4.79 Å². The minimum atomic E-state index is -0.474. The van der Waals surface area contributed by atoms with Gasteiger partial charge in [-0.1, -0.05) is 26.8 Å². The zero-order chi connectivity index (χ0) is 17.0. The lowest BCUT2D eigenvalue weighted by Gasteiger charge is -2.26. The van der Waals surface area contributed by atoms with E-state index in [0.717, 1.165) is 25.3 Å². The summed E-state index contributed by atoms with van der Waals surface area (Å²) in [4.78, 5) is 14.5. The first kappa shape index (κ1) is 17.6. The SMILES string of the molecule is COc1cccc(N2CCC(CNC(=O)[C@@H](N)C(C)(C)C)C2)c1. The molecule has 1 aromatic rings. The van der Waals surface area contributed by atoms with E-state index in [2.05, 4.69) is 22.3 Å². The molecule has 1 heterocycles. The minimum Gasteiger partial charge on any atom is -0.497 e. The van der Waals surface area contributed by atoms with Crippen LogP contribution < -0.4 is 20.7 Å². The number of nitrogens with two attached hydrogens (primary N) is 1. The van der Waals surface area contributed by atoms with Crippen molar-refractivity contribution < 1.29 is 9.53 Å². The highest BCUT2D eigenvalue weighted by atomic mass is 16.5. The molecule has 0 saturated carbocycles. The van der Waals surface area contributed by atoms with Gasteiger partial charge in [0.25, 0.3) is 0 Å². The third kappa shape index (κ3) is 4.61. The molecule has 5 heteroatoms. The second kappa shape index (κ2) is 7.21. The number of methoxy groups -OCH3 is 1. The largest absolute Gasteiger partial charge is 0.497 e. The van der Waals surface area contributed by atoms with Gasteiger partial charge >= 0.3 is 0 Å². The second-order valence-corrected chi connectivity index (χ2v) is 7.39. The van der Waals surface area contributed by atoms with Crippen LogP contribution in [0.2, 0.25) is 0 Å². The highest BCUT2D eigenvalue weighted by molar-refractivity contribution is 5.82. The summed E-state index contributed by atoms with van der Waals surface area (Å²) in [6.45, 7) is 8.58. The van der Waals surface area contributed by atoms with Crippen molar-refractivity contribution >= 4 is 11.6 Å². The molecule has 1 saturated heterocycles. The zero-order valence-corrected chi connectivity index (χ0v) is 14.6. The molecule has 3 N–H and O–H groups in total. The Morgan fingerprint density at radius 1 is 1.48 bits per heavy atom. The zero-order valence-electron chi connectivity index (χ0n) is 14.6. The van der Waals surface area contributed by atoms with Gasteiger partial charge in [0, 0.05) is 31.4 Å². The molecular formula is C18H29N3O2. The average Bonchev–Trinajstić information content (AvgIpc) is 3.00. The number of anilines is 1. The van der Waals surface area contributed by atoms with Crippen LogP contribution in [0, 0.1) is 11.3 Å². The predicted molar refractivity (Wildman–Crippen MR) is 93.8 cm³/mol. The summed E-state index contributed by atoms with van der Waals surface area (Å²) in [6, 6.07) is 7.63. The number of amides is 1. The van der Waals surface area contributed by atoms with E-state index >= 15 is 0 Å². The lowest BCUT2D eigenvalue weighted by atomic mass is 9.87. The smallest absolute Gasteiger partial charge is 0.237 e. The van der Waals surface area contributed by atoms with Crippen molar-refractivity contribution in [3.63, 3.8) is 0 Å². The maximum Gasteiger partial charge on any atom is 0.237 e. The van der Waals surface area contributed by atoms with E-state index in [-0.39, 0.29) is 11.3 Å². The molecule has 1 aromatic carbocycles. The fourth-order valence-corrected chi connectivity index (χ4v) is 2.79. The molecule has 0 bridgehead atoms. The third-order valence-corrected chi connectivity index (χ3v) is 4.48. The number of hydrogen-bond donors (Lipinski definition) is 2. The minimum absolute atomic E-state index is 0.0580. The molecule has 1 aliphatic heterocycles. The van der Waals surface area contributed by atoms with Crippen molar-refractivity contribution in [2.24, 2.45) is 17.1 Å².